The van der Waals surface area contributed by atoms with Gasteiger partial charge in [0.25, 0.3) is 5.91 Å². The van der Waals surface area contributed by atoms with Crippen molar-refractivity contribution in [2.24, 2.45) is 0 Å². The summed E-state index contributed by atoms with van der Waals surface area (Å²) >= 11 is 0. The summed E-state index contributed by atoms with van der Waals surface area (Å²) in [5, 5.41) is 1.09. The third kappa shape index (κ3) is 2.15. The zero-order valence-electron chi connectivity index (χ0n) is 12.7. The number of fused-ring (bicyclic) bond motifs is 2. The summed E-state index contributed by atoms with van der Waals surface area (Å²) in [6, 6.07) is 8.44. The summed E-state index contributed by atoms with van der Waals surface area (Å²) in [5.74, 6) is 1.65. The summed E-state index contributed by atoms with van der Waals surface area (Å²) in [7, 11) is 0. The number of carbonyl (C=O) groups excluding carboxylic acids is 1. The fraction of sp³-hybridized carbons (Fsp3) is 0.333. The number of aromatic nitrogens is 2. The van der Waals surface area contributed by atoms with Crippen molar-refractivity contribution in [1.82, 2.24) is 14.9 Å². The molecular weight excluding hydrogens is 290 g/mol. The number of rotatable bonds is 2. The van der Waals surface area contributed by atoms with E-state index in [1.165, 1.54) is 24.8 Å². The van der Waals surface area contributed by atoms with Crippen LogP contribution in [-0.2, 0) is 13.0 Å². The lowest BCUT2D eigenvalue weighted by Gasteiger charge is -2.24. The largest absolute Gasteiger partial charge is 0.448 e. The third-order valence-corrected chi connectivity index (χ3v) is 4.89. The molecule has 3 aromatic rings. The topological polar surface area (TPSA) is 62.1 Å². The molecule has 1 fully saturated rings. The highest BCUT2D eigenvalue weighted by Crippen LogP contribution is 2.40. The van der Waals surface area contributed by atoms with E-state index >= 15 is 0 Å². The Morgan fingerprint density at radius 1 is 1.30 bits per heavy atom. The molecule has 0 atom stereocenters. The van der Waals surface area contributed by atoms with Gasteiger partial charge in [0.15, 0.2) is 6.39 Å². The summed E-state index contributed by atoms with van der Waals surface area (Å²) in [4.78, 5) is 22.1. The number of hydrogen-bond acceptors (Lipinski definition) is 3. The summed E-state index contributed by atoms with van der Waals surface area (Å²) < 4.78 is 5.32. The zero-order valence-corrected chi connectivity index (χ0v) is 12.7. The molecule has 1 aliphatic heterocycles. The fourth-order valence-electron chi connectivity index (χ4n) is 3.40. The second-order valence-electron chi connectivity index (χ2n) is 6.50. The minimum absolute atomic E-state index is 0.0304. The Bertz CT molecular complexity index is 904. The Morgan fingerprint density at radius 3 is 3.09 bits per heavy atom. The van der Waals surface area contributed by atoms with Gasteiger partial charge < -0.3 is 14.3 Å². The highest BCUT2D eigenvalue weighted by atomic mass is 16.3. The van der Waals surface area contributed by atoms with Gasteiger partial charge >= 0.3 is 0 Å². The van der Waals surface area contributed by atoms with Crippen molar-refractivity contribution in [3.05, 3.63) is 53.4 Å². The van der Waals surface area contributed by atoms with Crippen LogP contribution in [0.2, 0.25) is 0 Å². The molecule has 3 heterocycles. The molecule has 1 saturated carbocycles. The van der Waals surface area contributed by atoms with Crippen LogP contribution in [-0.4, -0.2) is 27.3 Å². The maximum absolute atomic E-state index is 12.8. The maximum atomic E-state index is 12.8. The van der Waals surface area contributed by atoms with Gasteiger partial charge in [-0.05, 0) is 36.5 Å². The van der Waals surface area contributed by atoms with Gasteiger partial charge in [0.1, 0.15) is 17.1 Å². The van der Waals surface area contributed by atoms with Crippen LogP contribution in [0.4, 0.5) is 0 Å². The van der Waals surface area contributed by atoms with Gasteiger partial charge in [0, 0.05) is 23.9 Å². The lowest BCUT2D eigenvalue weighted by Crippen LogP contribution is -2.36. The second kappa shape index (κ2) is 4.72. The molecule has 2 aliphatic rings. The molecule has 2 aromatic heterocycles. The standard InChI is InChI=1S/C18H17N3O2/c22-18(21-6-5-17-16(9-21)19-10-23-17)15-8-13-4-3-12(11-1-2-11)7-14(13)20-15/h3-4,7-8,10-11,20H,1-2,5-6,9H2. The number of nitrogens with one attached hydrogen (secondary N) is 1. The molecule has 0 spiro atoms. The third-order valence-electron chi connectivity index (χ3n) is 4.89. The molecule has 5 nitrogen and oxygen atoms in total. The van der Waals surface area contributed by atoms with Crippen LogP contribution < -0.4 is 0 Å². The molecule has 0 bridgehead atoms. The number of amides is 1. The number of oxazole rings is 1. The number of nitrogens with zero attached hydrogens (tertiary/aromatic N) is 2. The molecule has 1 aromatic carbocycles. The Morgan fingerprint density at radius 2 is 2.22 bits per heavy atom. The van der Waals surface area contributed by atoms with Gasteiger partial charge in [-0.1, -0.05) is 12.1 Å². The van der Waals surface area contributed by atoms with Crippen LogP contribution in [0, 0.1) is 0 Å². The molecule has 0 unspecified atom stereocenters. The van der Waals surface area contributed by atoms with Gasteiger partial charge in [0.2, 0.25) is 0 Å². The van der Waals surface area contributed by atoms with E-state index < -0.39 is 0 Å². The molecule has 1 aliphatic carbocycles. The summed E-state index contributed by atoms with van der Waals surface area (Å²) in [5.41, 5.74) is 3.96. The van der Waals surface area contributed by atoms with E-state index in [1.54, 1.807) is 0 Å². The van der Waals surface area contributed by atoms with Crippen LogP contribution in [0.1, 0.15) is 46.3 Å². The van der Waals surface area contributed by atoms with Crippen LogP contribution in [0.15, 0.2) is 35.1 Å². The maximum Gasteiger partial charge on any atom is 0.270 e. The Balaban J connectivity index is 1.44. The molecule has 1 N–H and O–H groups in total. The van der Waals surface area contributed by atoms with Crippen LogP contribution in [0.5, 0.6) is 0 Å². The second-order valence-corrected chi connectivity index (χ2v) is 6.50. The monoisotopic (exact) mass is 307 g/mol. The van der Waals surface area contributed by atoms with Gasteiger partial charge in [-0.25, -0.2) is 4.98 Å². The average Bonchev–Trinajstić information content (AvgIpc) is 3.17. The Hall–Kier alpha value is -2.56. The van der Waals surface area contributed by atoms with E-state index in [4.69, 9.17) is 4.42 Å². The van der Waals surface area contributed by atoms with E-state index in [1.807, 2.05) is 11.0 Å². The van der Waals surface area contributed by atoms with Crippen molar-refractivity contribution in [2.45, 2.75) is 31.7 Å². The van der Waals surface area contributed by atoms with Crippen LogP contribution >= 0.6 is 0 Å². The lowest BCUT2D eigenvalue weighted by molar-refractivity contribution is 0.0723. The number of benzene rings is 1. The molecule has 23 heavy (non-hydrogen) atoms. The molecule has 0 saturated heterocycles. The van der Waals surface area contributed by atoms with E-state index in [-0.39, 0.29) is 5.91 Å². The molecule has 116 valence electrons. The highest BCUT2D eigenvalue weighted by molar-refractivity contribution is 5.98. The fourth-order valence-corrected chi connectivity index (χ4v) is 3.40. The minimum atomic E-state index is 0.0304. The number of H-pyrrole nitrogens is 1. The first-order chi connectivity index (χ1) is 11.3. The Labute approximate surface area is 133 Å². The van der Waals surface area contributed by atoms with E-state index in [2.05, 4.69) is 28.2 Å². The van der Waals surface area contributed by atoms with E-state index in [0.29, 0.717) is 18.8 Å². The van der Waals surface area contributed by atoms with E-state index in [0.717, 1.165) is 34.7 Å². The molecule has 1 amide bonds. The molecule has 5 rings (SSSR count). The van der Waals surface area contributed by atoms with Crippen molar-refractivity contribution in [1.29, 1.82) is 0 Å². The minimum Gasteiger partial charge on any atom is -0.448 e. The van der Waals surface area contributed by atoms with E-state index in [9.17, 15) is 4.79 Å². The van der Waals surface area contributed by atoms with Gasteiger partial charge in [0.05, 0.1) is 6.54 Å². The highest BCUT2D eigenvalue weighted by Gasteiger charge is 2.26. The molecule has 0 radical (unpaired) electrons. The summed E-state index contributed by atoms with van der Waals surface area (Å²) in [6.07, 6.45) is 4.76. The van der Waals surface area contributed by atoms with Gasteiger partial charge in [-0.2, -0.15) is 0 Å². The van der Waals surface area contributed by atoms with Crippen LogP contribution in [0.25, 0.3) is 10.9 Å². The van der Waals surface area contributed by atoms with Gasteiger partial charge in [-0.15, -0.1) is 0 Å². The first kappa shape index (κ1) is 12.9. The molecular formula is C18H17N3O2. The number of carbonyl (C=O) groups is 1. The van der Waals surface area contributed by atoms with Crippen molar-refractivity contribution in [2.75, 3.05) is 6.54 Å². The van der Waals surface area contributed by atoms with Crippen molar-refractivity contribution >= 4 is 16.8 Å². The smallest absolute Gasteiger partial charge is 0.270 e. The Kier molecular flexibility index (Phi) is 2.65. The number of aromatic amines is 1. The molecule has 5 heteroatoms. The quantitative estimate of drug-likeness (QED) is 0.790. The first-order valence-electron chi connectivity index (χ1n) is 8.11. The summed E-state index contributed by atoms with van der Waals surface area (Å²) in [6.45, 7) is 1.19. The SMILES string of the molecule is O=C(c1cc2ccc(C3CC3)cc2[nH]1)N1CCc2ocnc2C1. The lowest BCUT2D eigenvalue weighted by atomic mass is 10.1. The van der Waals surface area contributed by atoms with Crippen molar-refractivity contribution in [3.8, 4) is 0 Å². The van der Waals surface area contributed by atoms with Crippen molar-refractivity contribution in [3.63, 3.8) is 0 Å². The number of hydrogen-bond donors (Lipinski definition) is 1. The average molecular weight is 307 g/mol. The normalized spacial score (nSPS) is 17.5. The predicted molar refractivity (Wildman–Crippen MR) is 85.2 cm³/mol. The first-order valence-corrected chi connectivity index (χ1v) is 8.11. The zero-order chi connectivity index (χ0) is 15.4. The van der Waals surface area contributed by atoms with Crippen LogP contribution in [0.3, 0.4) is 0 Å². The van der Waals surface area contributed by atoms with Crippen molar-refractivity contribution < 1.29 is 9.21 Å². The predicted octanol–water partition coefficient (Wildman–Crippen LogP) is 3.23. The van der Waals surface area contributed by atoms with Gasteiger partial charge in [-0.3, -0.25) is 4.79 Å².